The first-order chi connectivity index (χ1) is 9.13. The minimum atomic E-state index is -0.342. The minimum absolute atomic E-state index is 0.114. The van der Waals surface area contributed by atoms with Crippen molar-refractivity contribution < 1.29 is 9.66 Å². The van der Waals surface area contributed by atoms with Crippen LogP contribution in [0.1, 0.15) is 25.5 Å². The van der Waals surface area contributed by atoms with E-state index in [2.05, 4.69) is 10.4 Å². The molecule has 0 aliphatic carbocycles. The molecule has 1 fully saturated rings. The van der Waals surface area contributed by atoms with Crippen LogP contribution in [-0.2, 0) is 18.2 Å². The predicted octanol–water partition coefficient (Wildman–Crippen LogP) is 1.73. The normalized spacial score (nSPS) is 18.7. The van der Waals surface area contributed by atoms with Gasteiger partial charge in [0.15, 0.2) is 0 Å². The Kier molecular flexibility index (Phi) is 4.36. The van der Waals surface area contributed by atoms with E-state index in [1.54, 1.807) is 11.7 Å². The number of nitro groups is 1. The Morgan fingerprint density at radius 1 is 1.63 bits per heavy atom. The highest BCUT2D eigenvalue weighted by Crippen LogP contribution is 2.29. The van der Waals surface area contributed by atoms with Crippen LogP contribution in [0.2, 0.25) is 0 Å². The first-order valence-electron chi connectivity index (χ1n) is 6.65. The summed E-state index contributed by atoms with van der Waals surface area (Å²) in [5.74, 6) is 0.921. The van der Waals surface area contributed by atoms with Gasteiger partial charge in [-0.25, -0.2) is 4.68 Å². The molecule has 0 aromatic carbocycles. The number of hydrogen-bond donors (Lipinski definition) is 1. The highest BCUT2D eigenvalue weighted by atomic mass is 16.6. The van der Waals surface area contributed by atoms with Crippen molar-refractivity contribution in [2.24, 2.45) is 13.0 Å². The van der Waals surface area contributed by atoms with Gasteiger partial charge in [0.2, 0.25) is 5.82 Å². The molecule has 106 valence electrons. The fraction of sp³-hybridized carbons (Fsp3) is 0.750. The maximum Gasteiger partial charge on any atom is 0.333 e. The van der Waals surface area contributed by atoms with Gasteiger partial charge in [-0.3, -0.25) is 10.1 Å². The van der Waals surface area contributed by atoms with E-state index in [1.165, 1.54) is 0 Å². The Labute approximate surface area is 112 Å². The molecule has 1 unspecified atom stereocenters. The number of aryl methyl sites for hydroxylation is 2. The fourth-order valence-electron chi connectivity index (χ4n) is 2.35. The Hall–Kier alpha value is -1.63. The average molecular weight is 268 g/mol. The molecule has 1 aliphatic heterocycles. The van der Waals surface area contributed by atoms with Crippen molar-refractivity contribution in [3.05, 3.63) is 15.8 Å². The number of hydrogen-bond acceptors (Lipinski definition) is 5. The van der Waals surface area contributed by atoms with E-state index < -0.39 is 0 Å². The van der Waals surface area contributed by atoms with E-state index in [9.17, 15) is 10.1 Å². The van der Waals surface area contributed by atoms with E-state index in [-0.39, 0.29) is 10.6 Å². The Morgan fingerprint density at radius 3 is 3.00 bits per heavy atom. The van der Waals surface area contributed by atoms with Crippen LogP contribution in [0.4, 0.5) is 11.5 Å². The third-order valence-electron chi connectivity index (χ3n) is 3.34. The highest BCUT2D eigenvalue weighted by Gasteiger charge is 2.27. The molecule has 1 aromatic heterocycles. The van der Waals surface area contributed by atoms with Crippen molar-refractivity contribution in [1.82, 2.24) is 9.78 Å². The molecular weight excluding hydrogens is 248 g/mol. The summed E-state index contributed by atoms with van der Waals surface area (Å²) in [6, 6.07) is 0. The molecule has 2 heterocycles. The smallest absolute Gasteiger partial charge is 0.333 e. The van der Waals surface area contributed by atoms with Crippen molar-refractivity contribution in [3.63, 3.8) is 0 Å². The summed E-state index contributed by atoms with van der Waals surface area (Å²) in [6.07, 6.45) is 2.46. The fourth-order valence-corrected chi connectivity index (χ4v) is 2.35. The first kappa shape index (κ1) is 13.8. The number of nitrogens with one attached hydrogen (secondary N) is 1. The lowest BCUT2D eigenvalue weighted by atomic mass is 10.1. The van der Waals surface area contributed by atoms with Crippen LogP contribution < -0.4 is 5.32 Å². The van der Waals surface area contributed by atoms with Crippen LogP contribution in [0, 0.1) is 16.0 Å². The number of anilines is 1. The Bertz CT molecular complexity index is 452. The molecule has 1 aliphatic rings. The van der Waals surface area contributed by atoms with Crippen molar-refractivity contribution in [2.45, 2.75) is 26.2 Å². The zero-order valence-electron chi connectivity index (χ0n) is 11.4. The van der Waals surface area contributed by atoms with Gasteiger partial charge >= 0.3 is 5.69 Å². The van der Waals surface area contributed by atoms with E-state index in [0.29, 0.717) is 30.4 Å². The summed E-state index contributed by atoms with van der Waals surface area (Å²) in [5, 5.41) is 18.6. The van der Waals surface area contributed by atoms with Gasteiger partial charge in [-0.15, -0.1) is 0 Å². The van der Waals surface area contributed by atoms with Crippen LogP contribution in [-0.4, -0.2) is 34.5 Å². The zero-order valence-corrected chi connectivity index (χ0v) is 11.4. The summed E-state index contributed by atoms with van der Waals surface area (Å²) in [6.45, 7) is 4.18. The lowest BCUT2D eigenvalue weighted by molar-refractivity contribution is -0.384. The number of nitrogens with zero attached hydrogens (tertiary/aromatic N) is 3. The van der Waals surface area contributed by atoms with Crippen LogP contribution in [0.3, 0.4) is 0 Å². The largest absolute Gasteiger partial charge is 0.381 e. The number of ether oxygens (including phenoxy) is 1. The topological polar surface area (TPSA) is 82.2 Å². The van der Waals surface area contributed by atoms with E-state index >= 15 is 0 Å². The Balaban J connectivity index is 2.15. The maximum atomic E-state index is 11.2. The summed E-state index contributed by atoms with van der Waals surface area (Å²) in [4.78, 5) is 10.9. The minimum Gasteiger partial charge on any atom is -0.381 e. The second-order valence-corrected chi connectivity index (χ2v) is 4.89. The lowest BCUT2D eigenvalue weighted by Crippen LogP contribution is -2.16. The summed E-state index contributed by atoms with van der Waals surface area (Å²) >= 11 is 0. The van der Waals surface area contributed by atoms with Crippen molar-refractivity contribution in [3.8, 4) is 0 Å². The van der Waals surface area contributed by atoms with Crippen molar-refractivity contribution in [2.75, 3.05) is 25.1 Å². The molecule has 1 saturated heterocycles. The monoisotopic (exact) mass is 268 g/mol. The average Bonchev–Trinajstić information content (AvgIpc) is 2.95. The number of rotatable bonds is 6. The molecule has 19 heavy (non-hydrogen) atoms. The van der Waals surface area contributed by atoms with Gasteiger partial charge in [0.05, 0.1) is 11.5 Å². The van der Waals surface area contributed by atoms with E-state index in [0.717, 1.165) is 26.1 Å². The Morgan fingerprint density at radius 2 is 2.42 bits per heavy atom. The molecule has 1 atom stereocenters. The van der Waals surface area contributed by atoms with Gasteiger partial charge in [0, 0.05) is 26.1 Å². The molecule has 0 amide bonds. The second-order valence-electron chi connectivity index (χ2n) is 4.89. The lowest BCUT2D eigenvalue weighted by Gasteiger charge is -2.10. The highest BCUT2D eigenvalue weighted by molar-refractivity contribution is 5.59. The second kappa shape index (κ2) is 6.01. The van der Waals surface area contributed by atoms with Gasteiger partial charge in [0.1, 0.15) is 5.69 Å². The molecule has 1 aromatic rings. The van der Waals surface area contributed by atoms with Crippen LogP contribution in [0.5, 0.6) is 0 Å². The molecular formula is C12H20N4O3. The number of aromatic nitrogens is 2. The van der Waals surface area contributed by atoms with Gasteiger partial charge in [0.25, 0.3) is 0 Å². The third-order valence-corrected chi connectivity index (χ3v) is 3.34. The molecule has 7 heteroatoms. The standard InChI is InChI=1S/C12H20N4O3/c1-3-4-10-11(16(17)18)12(15(2)14-10)13-7-9-5-6-19-8-9/h9,13H,3-8H2,1-2H3. The van der Waals surface area contributed by atoms with Gasteiger partial charge in [-0.05, 0) is 12.8 Å². The van der Waals surface area contributed by atoms with Gasteiger partial charge in [-0.1, -0.05) is 13.3 Å². The maximum absolute atomic E-state index is 11.2. The summed E-state index contributed by atoms with van der Waals surface area (Å²) in [5.41, 5.74) is 0.670. The first-order valence-corrected chi connectivity index (χ1v) is 6.65. The molecule has 2 rings (SSSR count). The SMILES string of the molecule is CCCc1nn(C)c(NCC2CCOC2)c1[N+](=O)[O-]. The van der Waals surface area contributed by atoms with Crippen LogP contribution in [0.15, 0.2) is 0 Å². The van der Waals surface area contributed by atoms with Gasteiger partial charge in [-0.2, -0.15) is 5.10 Å². The predicted molar refractivity (Wildman–Crippen MR) is 71.3 cm³/mol. The van der Waals surface area contributed by atoms with Crippen molar-refractivity contribution >= 4 is 11.5 Å². The molecule has 0 spiro atoms. The van der Waals surface area contributed by atoms with Crippen LogP contribution in [0.25, 0.3) is 0 Å². The zero-order chi connectivity index (χ0) is 13.8. The van der Waals surface area contributed by atoms with Crippen LogP contribution >= 0.6 is 0 Å². The summed E-state index contributed by atoms with van der Waals surface area (Å²) < 4.78 is 6.87. The molecule has 7 nitrogen and oxygen atoms in total. The molecule has 0 bridgehead atoms. The third kappa shape index (κ3) is 3.04. The molecule has 0 radical (unpaired) electrons. The molecule has 0 saturated carbocycles. The quantitative estimate of drug-likeness (QED) is 0.627. The summed E-state index contributed by atoms with van der Waals surface area (Å²) in [7, 11) is 1.74. The van der Waals surface area contributed by atoms with Gasteiger partial charge < -0.3 is 10.1 Å². The molecule has 1 N–H and O–H groups in total. The van der Waals surface area contributed by atoms with E-state index in [4.69, 9.17) is 4.74 Å². The van der Waals surface area contributed by atoms with E-state index in [1.807, 2.05) is 6.92 Å². The van der Waals surface area contributed by atoms with Crippen molar-refractivity contribution in [1.29, 1.82) is 0 Å².